The first-order valence-electron chi connectivity index (χ1n) is 11.4. The molecule has 35 heavy (non-hydrogen) atoms. The highest BCUT2D eigenvalue weighted by atomic mass is 32.1. The maximum Gasteiger partial charge on any atom is 0.416 e. The van der Waals surface area contributed by atoms with Crippen LogP contribution in [0, 0.1) is 0 Å². The molecule has 9 heteroatoms. The summed E-state index contributed by atoms with van der Waals surface area (Å²) in [7, 11) is 0. The molecule has 2 heterocycles. The molecule has 0 radical (unpaired) electrons. The summed E-state index contributed by atoms with van der Waals surface area (Å²) < 4.78 is 50.7. The van der Waals surface area contributed by atoms with Crippen LogP contribution in [0.5, 0.6) is 11.5 Å². The van der Waals surface area contributed by atoms with Gasteiger partial charge in [-0.25, -0.2) is 4.98 Å². The largest absolute Gasteiger partial charge is 0.454 e. The number of halogens is 3. The van der Waals surface area contributed by atoms with Crippen molar-refractivity contribution in [2.24, 2.45) is 0 Å². The van der Waals surface area contributed by atoms with Crippen molar-refractivity contribution in [2.45, 2.75) is 52.1 Å². The number of nitrogens with zero attached hydrogens (tertiary/aromatic N) is 2. The Bertz CT molecular complexity index is 1180. The summed E-state index contributed by atoms with van der Waals surface area (Å²) in [5, 5.41) is 6.16. The zero-order chi connectivity index (χ0) is 25.0. The van der Waals surface area contributed by atoms with Crippen LogP contribution in [0.15, 0.2) is 54.4 Å². The molecular formula is C26H28F3N3O2S. The lowest BCUT2D eigenvalue weighted by Gasteiger charge is -2.22. The topological polar surface area (TPSA) is 46.6 Å². The lowest BCUT2D eigenvalue weighted by atomic mass is 10.1. The van der Waals surface area contributed by atoms with Gasteiger partial charge < -0.3 is 14.8 Å². The molecule has 0 spiro atoms. The zero-order valence-electron chi connectivity index (χ0n) is 19.7. The van der Waals surface area contributed by atoms with Gasteiger partial charge in [0.15, 0.2) is 11.5 Å². The summed E-state index contributed by atoms with van der Waals surface area (Å²) in [6, 6.07) is 11.5. The van der Waals surface area contributed by atoms with Gasteiger partial charge in [-0.05, 0) is 42.7 Å². The number of nitrogens with one attached hydrogen (secondary N) is 1. The maximum atomic E-state index is 13.3. The average molecular weight is 504 g/mol. The predicted octanol–water partition coefficient (Wildman–Crippen LogP) is 6.45. The third-order valence-corrected chi connectivity index (χ3v) is 6.59. The monoisotopic (exact) mass is 503 g/mol. The number of hydrogen-bond donors (Lipinski definition) is 1. The molecular weight excluding hydrogens is 475 g/mol. The van der Waals surface area contributed by atoms with Crippen molar-refractivity contribution in [1.82, 2.24) is 15.2 Å². The fourth-order valence-electron chi connectivity index (χ4n) is 3.76. The lowest BCUT2D eigenvalue weighted by Crippen LogP contribution is -2.24. The molecule has 1 aliphatic rings. The normalized spacial score (nSPS) is 13.8. The standard InChI is InChI=1S/C26H28F3N3O2S/c1-4-17(2)30-18(3)22-15-35-25(31-22)14-32(12-19-6-5-7-21(10-19)26(27,28)29)13-20-8-9-23-24(11-20)34-16-33-23/h5-11,15,17,30H,3-4,12-14,16H2,1-2H3. The first-order valence-corrected chi connectivity index (χ1v) is 12.3. The first kappa shape index (κ1) is 25.1. The van der Waals surface area contributed by atoms with Crippen LogP contribution in [0.4, 0.5) is 13.2 Å². The number of rotatable bonds is 10. The smallest absolute Gasteiger partial charge is 0.416 e. The Hall–Kier alpha value is -3.04. The third kappa shape index (κ3) is 6.55. The number of aromatic nitrogens is 1. The predicted molar refractivity (Wildman–Crippen MR) is 131 cm³/mol. The summed E-state index contributed by atoms with van der Waals surface area (Å²) in [6.45, 7) is 9.78. The van der Waals surface area contributed by atoms with E-state index in [2.05, 4.69) is 30.6 Å². The molecule has 0 aliphatic carbocycles. The van der Waals surface area contributed by atoms with Gasteiger partial charge in [-0.15, -0.1) is 11.3 Å². The molecule has 0 bridgehead atoms. The van der Waals surface area contributed by atoms with Gasteiger partial charge in [-0.1, -0.05) is 37.8 Å². The van der Waals surface area contributed by atoms with E-state index in [1.807, 2.05) is 23.6 Å². The van der Waals surface area contributed by atoms with Crippen LogP contribution in [0.1, 0.15) is 47.7 Å². The first-order chi connectivity index (χ1) is 16.7. The number of thiazole rings is 1. The SMILES string of the molecule is C=C(NC(C)CC)c1csc(CN(Cc2cccc(C(F)(F)F)c2)Cc2ccc3c(c2)OCO3)n1. The fraction of sp³-hybridized carbons (Fsp3) is 0.346. The van der Waals surface area contributed by atoms with Crippen molar-refractivity contribution in [2.75, 3.05) is 6.79 Å². The van der Waals surface area contributed by atoms with E-state index in [1.165, 1.54) is 23.5 Å². The molecule has 186 valence electrons. The Labute approximate surface area is 207 Å². The minimum atomic E-state index is -4.38. The van der Waals surface area contributed by atoms with Crippen LogP contribution in [0.2, 0.25) is 0 Å². The van der Waals surface area contributed by atoms with Crippen molar-refractivity contribution >= 4 is 17.0 Å². The van der Waals surface area contributed by atoms with E-state index in [1.54, 1.807) is 6.07 Å². The molecule has 3 aromatic rings. The van der Waals surface area contributed by atoms with Gasteiger partial charge in [0.25, 0.3) is 0 Å². The van der Waals surface area contributed by atoms with Gasteiger partial charge in [-0.3, -0.25) is 4.90 Å². The van der Waals surface area contributed by atoms with Crippen LogP contribution in [-0.4, -0.2) is 22.7 Å². The van der Waals surface area contributed by atoms with Crippen LogP contribution in [-0.2, 0) is 25.8 Å². The van der Waals surface area contributed by atoms with Crippen molar-refractivity contribution < 1.29 is 22.6 Å². The molecule has 0 fully saturated rings. The van der Waals surface area contributed by atoms with E-state index >= 15 is 0 Å². The molecule has 0 saturated heterocycles. The summed E-state index contributed by atoms with van der Waals surface area (Å²) in [6.07, 6.45) is -3.42. The molecule has 5 nitrogen and oxygen atoms in total. The summed E-state index contributed by atoms with van der Waals surface area (Å²) in [5.41, 5.74) is 2.46. The van der Waals surface area contributed by atoms with Crippen molar-refractivity contribution in [3.8, 4) is 11.5 Å². The van der Waals surface area contributed by atoms with E-state index in [0.717, 1.165) is 34.4 Å². The van der Waals surface area contributed by atoms with Crippen LogP contribution in [0.3, 0.4) is 0 Å². The van der Waals surface area contributed by atoms with Crippen molar-refractivity contribution in [1.29, 1.82) is 0 Å². The van der Waals surface area contributed by atoms with E-state index < -0.39 is 11.7 Å². The van der Waals surface area contributed by atoms with Crippen LogP contribution >= 0.6 is 11.3 Å². The number of ether oxygens (including phenoxy) is 2. The number of alkyl halides is 3. The zero-order valence-corrected chi connectivity index (χ0v) is 20.5. The second kappa shape index (κ2) is 10.7. The van der Waals surface area contributed by atoms with E-state index in [0.29, 0.717) is 36.7 Å². The van der Waals surface area contributed by atoms with Gasteiger partial charge in [0, 0.05) is 24.5 Å². The van der Waals surface area contributed by atoms with E-state index in [4.69, 9.17) is 14.5 Å². The third-order valence-electron chi connectivity index (χ3n) is 5.76. The number of benzene rings is 2. The molecule has 4 rings (SSSR count). The molecule has 1 aromatic heterocycles. The Balaban J connectivity index is 1.54. The summed E-state index contributed by atoms with van der Waals surface area (Å²) in [4.78, 5) is 6.80. The molecule has 1 atom stereocenters. The molecule has 2 aromatic carbocycles. The molecule has 1 aliphatic heterocycles. The Morgan fingerprint density at radius 1 is 1.11 bits per heavy atom. The second-order valence-corrected chi connectivity index (χ2v) is 9.53. The summed E-state index contributed by atoms with van der Waals surface area (Å²) in [5.74, 6) is 1.36. The molecule has 1 N–H and O–H groups in total. The van der Waals surface area contributed by atoms with Gasteiger partial charge in [0.05, 0.1) is 23.5 Å². The maximum absolute atomic E-state index is 13.3. The highest BCUT2D eigenvalue weighted by Gasteiger charge is 2.30. The molecule has 1 unspecified atom stereocenters. The Morgan fingerprint density at radius 3 is 2.60 bits per heavy atom. The molecule has 0 amide bonds. The Morgan fingerprint density at radius 2 is 1.86 bits per heavy atom. The van der Waals surface area contributed by atoms with Gasteiger partial charge >= 0.3 is 6.18 Å². The van der Waals surface area contributed by atoms with Crippen molar-refractivity contribution in [3.05, 3.63) is 81.8 Å². The minimum Gasteiger partial charge on any atom is -0.454 e. The highest BCUT2D eigenvalue weighted by Crippen LogP contribution is 2.34. The van der Waals surface area contributed by atoms with Crippen LogP contribution in [0.25, 0.3) is 5.70 Å². The van der Waals surface area contributed by atoms with E-state index in [9.17, 15) is 13.2 Å². The van der Waals surface area contributed by atoms with Crippen molar-refractivity contribution in [3.63, 3.8) is 0 Å². The quantitative estimate of drug-likeness (QED) is 0.344. The van der Waals surface area contributed by atoms with E-state index in [-0.39, 0.29) is 12.8 Å². The lowest BCUT2D eigenvalue weighted by molar-refractivity contribution is -0.137. The fourth-order valence-corrected chi connectivity index (χ4v) is 4.61. The number of hydrogen-bond acceptors (Lipinski definition) is 6. The highest BCUT2D eigenvalue weighted by molar-refractivity contribution is 7.09. The number of fused-ring (bicyclic) bond motifs is 1. The summed E-state index contributed by atoms with van der Waals surface area (Å²) >= 11 is 1.51. The Kier molecular flexibility index (Phi) is 7.66. The average Bonchev–Trinajstić information content (AvgIpc) is 3.48. The molecule has 0 saturated carbocycles. The van der Waals surface area contributed by atoms with Gasteiger partial charge in [-0.2, -0.15) is 13.2 Å². The van der Waals surface area contributed by atoms with Crippen LogP contribution < -0.4 is 14.8 Å². The van der Waals surface area contributed by atoms with Gasteiger partial charge in [0.1, 0.15) is 5.01 Å². The second-order valence-electron chi connectivity index (χ2n) is 8.59. The minimum absolute atomic E-state index is 0.184. The van der Waals surface area contributed by atoms with Gasteiger partial charge in [0.2, 0.25) is 6.79 Å².